The molecule has 0 aromatic heterocycles. The molecule has 1 aromatic rings. The average molecular weight is 315 g/mol. The van der Waals surface area contributed by atoms with Gasteiger partial charge in [0.05, 0.1) is 11.0 Å². The van der Waals surface area contributed by atoms with Crippen LogP contribution in [0.5, 0.6) is 0 Å². The zero-order valence-electron chi connectivity index (χ0n) is 11.8. The number of aliphatic carboxylic acids is 1. The second-order valence-corrected chi connectivity index (χ2v) is 6.79. The summed E-state index contributed by atoms with van der Waals surface area (Å²) in [6.45, 7) is 2.83. The first-order valence-electron chi connectivity index (χ1n) is 6.06. The van der Waals surface area contributed by atoms with Crippen molar-refractivity contribution in [1.29, 1.82) is 0 Å². The van der Waals surface area contributed by atoms with Gasteiger partial charge in [0, 0.05) is 11.8 Å². The molecular formula is C13H17NO6S. The monoisotopic (exact) mass is 315 g/mol. The Labute approximate surface area is 122 Å². The molecule has 0 unspecified atom stereocenters. The minimum absolute atomic E-state index is 0.0397. The maximum Gasteiger partial charge on any atom is 0.328 e. The number of sulfone groups is 1. The van der Waals surface area contributed by atoms with Gasteiger partial charge >= 0.3 is 5.97 Å². The highest BCUT2D eigenvalue weighted by molar-refractivity contribution is 7.90. The summed E-state index contributed by atoms with van der Waals surface area (Å²) in [7, 11) is -3.48. The van der Waals surface area contributed by atoms with E-state index in [-0.39, 0.29) is 10.5 Å². The molecular weight excluding hydrogens is 298 g/mol. The molecule has 3 N–H and O–H groups in total. The van der Waals surface area contributed by atoms with Crippen molar-refractivity contribution in [3.63, 3.8) is 0 Å². The number of hydrogen-bond donors (Lipinski definition) is 3. The SMILES string of the molecule is Cc1ccc(S(C)(=O)=O)cc1C(=O)N[C@H](C(=O)O)[C@@H](C)O. The topological polar surface area (TPSA) is 121 Å². The van der Waals surface area contributed by atoms with Crippen molar-refractivity contribution < 1.29 is 28.2 Å². The third kappa shape index (κ3) is 4.27. The van der Waals surface area contributed by atoms with Gasteiger partial charge in [0.1, 0.15) is 0 Å². The number of amides is 1. The van der Waals surface area contributed by atoms with Crippen molar-refractivity contribution in [3.05, 3.63) is 29.3 Å². The van der Waals surface area contributed by atoms with Crippen LogP contribution in [0.3, 0.4) is 0 Å². The summed E-state index contributed by atoms with van der Waals surface area (Å²) in [6.07, 6.45) is -0.278. The molecule has 0 fully saturated rings. The molecule has 2 atom stereocenters. The lowest BCUT2D eigenvalue weighted by Crippen LogP contribution is -2.47. The lowest BCUT2D eigenvalue weighted by atomic mass is 10.1. The molecule has 0 radical (unpaired) electrons. The standard InChI is InChI=1S/C13H17NO6S/c1-7-4-5-9(21(3,19)20)6-10(7)12(16)14-11(8(2)15)13(17)18/h4-6,8,11,15H,1-3H3,(H,14,16)(H,17,18)/t8-,11+/m1/s1. The highest BCUT2D eigenvalue weighted by Crippen LogP contribution is 2.16. The van der Waals surface area contributed by atoms with Gasteiger partial charge in [-0.25, -0.2) is 13.2 Å². The van der Waals surface area contributed by atoms with E-state index in [2.05, 4.69) is 5.32 Å². The minimum atomic E-state index is -3.48. The Morgan fingerprint density at radius 1 is 1.29 bits per heavy atom. The van der Waals surface area contributed by atoms with Crippen LogP contribution in [-0.2, 0) is 14.6 Å². The van der Waals surface area contributed by atoms with Gasteiger partial charge in [-0.2, -0.15) is 0 Å². The van der Waals surface area contributed by atoms with Crippen molar-refractivity contribution in [2.24, 2.45) is 0 Å². The second kappa shape index (κ2) is 6.23. The van der Waals surface area contributed by atoms with E-state index in [1.807, 2.05) is 0 Å². The van der Waals surface area contributed by atoms with E-state index in [0.717, 1.165) is 6.26 Å². The lowest BCUT2D eigenvalue weighted by molar-refractivity contribution is -0.141. The van der Waals surface area contributed by atoms with Gasteiger partial charge in [0.2, 0.25) is 0 Å². The van der Waals surface area contributed by atoms with Gasteiger partial charge < -0.3 is 15.5 Å². The number of rotatable bonds is 5. The maximum atomic E-state index is 12.1. The first-order chi connectivity index (χ1) is 9.54. The molecule has 0 saturated heterocycles. The van der Waals surface area contributed by atoms with Crippen molar-refractivity contribution in [2.45, 2.75) is 30.9 Å². The number of aliphatic hydroxyl groups is 1. The van der Waals surface area contributed by atoms with Crippen LogP contribution in [0, 0.1) is 6.92 Å². The summed E-state index contributed by atoms with van der Waals surface area (Å²) in [5.74, 6) is -2.14. The molecule has 7 nitrogen and oxygen atoms in total. The Bertz CT molecular complexity index is 665. The maximum absolute atomic E-state index is 12.1. The molecule has 1 amide bonds. The van der Waals surface area contributed by atoms with E-state index in [9.17, 15) is 23.1 Å². The fourth-order valence-electron chi connectivity index (χ4n) is 1.68. The third-order valence-corrected chi connectivity index (χ3v) is 4.03. The summed E-state index contributed by atoms with van der Waals surface area (Å²) >= 11 is 0. The van der Waals surface area contributed by atoms with Gasteiger partial charge in [-0.1, -0.05) is 6.07 Å². The Morgan fingerprint density at radius 3 is 2.29 bits per heavy atom. The highest BCUT2D eigenvalue weighted by atomic mass is 32.2. The smallest absolute Gasteiger partial charge is 0.328 e. The van der Waals surface area contributed by atoms with Gasteiger partial charge in [0.15, 0.2) is 15.9 Å². The summed E-state index contributed by atoms with van der Waals surface area (Å²) in [6, 6.07) is 2.54. The van der Waals surface area contributed by atoms with Crippen LogP contribution in [0.15, 0.2) is 23.1 Å². The summed E-state index contributed by atoms with van der Waals surface area (Å²) in [5.41, 5.74) is 0.541. The Morgan fingerprint density at radius 2 is 1.86 bits per heavy atom. The second-order valence-electron chi connectivity index (χ2n) is 4.78. The number of carbonyl (C=O) groups is 2. The van der Waals surface area contributed by atoms with Gasteiger partial charge in [-0.3, -0.25) is 4.79 Å². The summed E-state index contributed by atoms with van der Waals surface area (Å²) in [5, 5.41) is 20.4. The van der Waals surface area contributed by atoms with Crippen LogP contribution in [0.2, 0.25) is 0 Å². The lowest BCUT2D eigenvalue weighted by Gasteiger charge is -2.18. The molecule has 0 heterocycles. The van der Waals surface area contributed by atoms with E-state index in [4.69, 9.17) is 5.11 Å². The molecule has 1 aromatic carbocycles. The molecule has 116 valence electrons. The van der Waals surface area contributed by atoms with Crippen molar-refractivity contribution in [3.8, 4) is 0 Å². The molecule has 0 aliphatic rings. The van der Waals surface area contributed by atoms with E-state index in [0.29, 0.717) is 5.56 Å². The zero-order chi connectivity index (χ0) is 16.4. The molecule has 0 saturated carbocycles. The highest BCUT2D eigenvalue weighted by Gasteiger charge is 2.26. The molecule has 21 heavy (non-hydrogen) atoms. The van der Waals surface area contributed by atoms with Crippen LogP contribution in [0.4, 0.5) is 0 Å². The van der Waals surface area contributed by atoms with Gasteiger partial charge in [-0.05, 0) is 31.5 Å². The Kier molecular flexibility index (Phi) is 5.08. The number of carboxylic acid groups (broad SMARTS) is 1. The fraction of sp³-hybridized carbons (Fsp3) is 0.385. The number of carboxylic acids is 1. The zero-order valence-corrected chi connectivity index (χ0v) is 12.6. The van der Waals surface area contributed by atoms with Crippen molar-refractivity contribution in [1.82, 2.24) is 5.32 Å². The Balaban J connectivity index is 3.16. The molecule has 0 bridgehead atoms. The summed E-state index contributed by atoms with van der Waals surface area (Å²) < 4.78 is 23.0. The number of aliphatic hydroxyl groups excluding tert-OH is 1. The number of carbonyl (C=O) groups excluding carboxylic acids is 1. The predicted octanol–water partition coefficient (Wildman–Crippen LogP) is -0.0377. The molecule has 0 spiro atoms. The van der Waals surface area contributed by atoms with Crippen molar-refractivity contribution in [2.75, 3.05) is 6.26 Å². The quantitative estimate of drug-likeness (QED) is 0.701. The van der Waals surface area contributed by atoms with Crippen LogP contribution < -0.4 is 5.32 Å². The van der Waals surface area contributed by atoms with Crippen LogP contribution in [0.1, 0.15) is 22.8 Å². The Hall–Kier alpha value is -1.93. The predicted molar refractivity (Wildman–Crippen MR) is 74.9 cm³/mol. The van der Waals surface area contributed by atoms with Crippen LogP contribution >= 0.6 is 0 Å². The van der Waals surface area contributed by atoms with E-state index in [1.165, 1.54) is 25.1 Å². The third-order valence-electron chi connectivity index (χ3n) is 2.92. The largest absolute Gasteiger partial charge is 0.480 e. The molecule has 8 heteroatoms. The minimum Gasteiger partial charge on any atom is -0.480 e. The van der Waals surface area contributed by atoms with E-state index in [1.54, 1.807) is 6.92 Å². The van der Waals surface area contributed by atoms with Gasteiger partial charge in [-0.15, -0.1) is 0 Å². The van der Waals surface area contributed by atoms with Crippen LogP contribution in [0.25, 0.3) is 0 Å². The first kappa shape index (κ1) is 17.1. The van der Waals surface area contributed by atoms with Crippen molar-refractivity contribution >= 4 is 21.7 Å². The fourth-order valence-corrected chi connectivity index (χ4v) is 2.33. The number of aryl methyl sites for hydroxylation is 1. The first-order valence-corrected chi connectivity index (χ1v) is 7.95. The molecule has 0 aliphatic carbocycles. The van der Waals surface area contributed by atoms with E-state index < -0.39 is 33.9 Å². The number of hydrogen-bond acceptors (Lipinski definition) is 5. The van der Waals surface area contributed by atoms with Crippen LogP contribution in [-0.4, -0.2) is 48.9 Å². The normalized spacial score (nSPS) is 14.3. The number of benzene rings is 1. The number of nitrogens with one attached hydrogen (secondary N) is 1. The molecule has 1 rings (SSSR count). The molecule has 0 aliphatic heterocycles. The average Bonchev–Trinajstić information content (AvgIpc) is 2.33. The summed E-state index contributed by atoms with van der Waals surface area (Å²) in [4.78, 5) is 23.0. The van der Waals surface area contributed by atoms with E-state index >= 15 is 0 Å². The van der Waals surface area contributed by atoms with Gasteiger partial charge in [0.25, 0.3) is 5.91 Å².